The van der Waals surface area contributed by atoms with Crippen LogP contribution in [0.5, 0.6) is 0 Å². The third kappa shape index (κ3) is 4.58. The Morgan fingerprint density at radius 2 is 1.58 bits per heavy atom. The van der Waals surface area contributed by atoms with Crippen LogP contribution in [0.4, 0.5) is 11.5 Å². The van der Waals surface area contributed by atoms with E-state index < -0.39 is 0 Å². The van der Waals surface area contributed by atoms with Gasteiger partial charge in [-0.05, 0) is 31.4 Å². The third-order valence-corrected chi connectivity index (χ3v) is 5.21. The quantitative estimate of drug-likeness (QED) is 0.863. The molecule has 0 spiro atoms. The van der Waals surface area contributed by atoms with Crippen molar-refractivity contribution in [2.75, 3.05) is 36.0 Å². The van der Waals surface area contributed by atoms with E-state index in [1.165, 1.54) is 5.69 Å². The van der Waals surface area contributed by atoms with Crippen LogP contribution in [-0.4, -0.2) is 42.2 Å². The highest BCUT2D eigenvalue weighted by Crippen LogP contribution is 2.35. The van der Waals surface area contributed by atoms with E-state index in [0.717, 1.165) is 57.0 Å². The van der Waals surface area contributed by atoms with E-state index in [9.17, 15) is 0 Å². The van der Waals surface area contributed by atoms with E-state index in [0.29, 0.717) is 12.0 Å². The van der Waals surface area contributed by atoms with Crippen molar-refractivity contribution in [2.45, 2.75) is 31.2 Å². The molecule has 2 aliphatic rings. The Morgan fingerprint density at radius 1 is 0.885 bits per heavy atom. The van der Waals surface area contributed by atoms with Crippen LogP contribution in [0, 0.1) is 0 Å². The van der Waals surface area contributed by atoms with Crippen molar-refractivity contribution >= 4 is 36.3 Å². The number of para-hydroxylation sites is 1. The minimum absolute atomic E-state index is 0. The zero-order valence-corrected chi connectivity index (χ0v) is 16.5. The lowest BCUT2D eigenvalue weighted by atomic mass is 9.78. The van der Waals surface area contributed by atoms with Gasteiger partial charge in [0.1, 0.15) is 12.1 Å². The fraction of sp³-hybridized carbons (Fsp3) is 0.474. The van der Waals surface area contributed by atoms with E-state index in [1.807, 2.05) is 0 Å². The van der Waals surface area contributed by atoms with Gasteiger partial charge >= 0.3 is 0 Å². The van der Waals surface area contributed by atoms with E-state index in [1.54, 1.807) is 6.33 Å². The summed E-state index contributed by atoms with van der Waals surface area (Å²) in [5, 5.41) is 0. The summed E-state index contributed by atoms with van der Waals surface area (Å²) >= 11 is 0. The van der Waals surface area contributed by atoms with Crippen molar-refractivity contribution in [3.63, 3.8) is 0 Å². The number of halogens is 2. The van der Waals surface area contributed by atoms with Gasteiger partial charge in [-0.2, -0.15) is 0 Å². The molecule has 5 nitrogen and oxygen atoms in total. The molecule has 0 bridgehead atoms. The van der Waals surface area contributed by atoms with Crippen LogP contribution in [0.25, 0.3) is 0 Å². The number of hydrogen-bond donors (Lipinski definition) is 1. The largest absolute Gasteiger partial charge is 0.370 e. The molecule has 7 heteroatoms. The molecular weight excluding hydrogens is 369 g/mol. The molecule has 0 amide bonds. The average Bonchev–Trinajstić information content (AvgIpc) is 2.86. The van der Waals surface area contributed by atoms with Gasteiger partial charge in [0, 0.05) is 55.6 Å². The van der Waals surface area contributed by atoms with E-state index in [2.05, 4.69) is 56.2 Å². The van der Waals surface area contributed by atoms with Gasteiger partial charge in [-0.3, -0.25) is 0 Å². The van der Waals surface area contributed by atoms with Crippen molar-refractivity contribution in [1.82, 2.24) is 9.97 Å². The predicted molar refractivity (Wildman–Crippen MR) is 112 cm³/mol. The number of rotatable bonds is 3. The first kappa shape index (κ1) is 20.7. The zero-order chi connectivity index (χ0) is 16.4. The Labute approximate surface area is 167 Å². The molecule has 1 saturated heterocycles. The highest BCUT2D eigenvalue weighted by molar-refractivity contribution is 5.85. The molecule has 0 unspecified atom stereocenters. The first-order chi connectivity index (χ1) is 11.8. The standard InChI is InChI=1S/C19H25N5.2ClH/c20-16-11-15(12-16)18-13-19(22-14-21-18)24-8-4-7-23(9-10-24)17-5-2-1-3-6-17;;/h1-3,5-6,13-16H,4,7-12,20H2;2*1H. The van der Waals surface area contributed by atoms with Gasteiger partial charge in [-0.1, -0.05) is 18.2 Å². The summed E-state index contributed by atoms with van der Waals surface area (Å²) in [7, 11) is 0. The summed E-state index contributed by atoms with van der Waals surface area (Å²) in [6.45, 7) is 4.16. The van der Waals surface area contributed by atoms with Gasteiger partial charge in [0.25, 0.3) is 0 Å². The van der Waals surface area contributed by atoms with E-state index >= 15 is 0 Å². The van der Waals surface area contributed by atoms with Crippen LogP contribution in [0.3, 0.4) is 0 Å². The van der Waals surface area contributed by atoms with Gasteiger partial charge in [0.15, 0.2) is 0 Å². The molecule has 1 aromatic carbocycles. The van der Waals surface area contributed by atoms with Gasteiger partial charge in [-0.15, -0.1) is 24.8 Å². The number of hydrogen-bond acceptors (Lipinski definition) is 5. The maximum atomic E-state index is 5.92. The molecule has 4 rings (SSSR count). The van der Waals surface area contributed by atoms with Crippen LogP contribution in [-0.2, 0) is 0 Å². The summed E-state index contributed by atoms with van der Waals surface area (Å²) in [4.78, 5) is 13.9. The second-order valence-electron chi connectivity index (χ2n) is 6.89. The lowest BCUT2D eigenvalue weighted by Crippen LogP contribution is -2.35. The summed E-state index contributed by atoms with van der Waals surface area (Å²) in [5.41, 5.74) is 8.39. The fourth-order valence-corrected chi connectivity index (χ4v) is 3.70. The molecule has 2 fully saturated rings. The van der Waals surface area contributed by atoms with E-state index in [4.69, 9.17) is 5.73 Å². The van der Waals surface area contributed by atoms with Crippen LogP contribution < -0.4 is 15.5 Å². The molecular formula is C19H27Cl2N5. The van der Waals surface area contributed by atoms with Crippen LogP contribution in [0.2, 0.25) is 0 Å². The normalized spacial score (nSPS) is 22.5. The Bertz CT molecular complexity index is 679. The molecule has 1 aliphatic carbocycles. The van der Waals surface area contributed by atoms with Gasteiger partial charge < -0.3 is 15.5 Å². The number of anilines is 2. The summed E-state index contributed by atoms with van der Waals surface area (Å²) < 4.78 is 0. The Hall–Kier alpha value is -1.56. The van der Waals surface area contributed by atoms with Crippen molar-refractivity contribution in [3.8, 4) is 0 Å². The monoisotopic (exact) mass is 395 g/mol. The average molecular weight is 396 g/mol. The number of benzene rings is 1. The van der Waals surface area contributed by atoms with Crippen molar-refractivity contribution in [2.24, 2.45) is 5.73 Å². The van der Waals surface area contributed by atoms with Crippen molar-refractivity contribution < 1.29 is 0 Å². The predicted octanol–water partition coefficient (Wildman–Crippen LogP) is 3.24. The van der Waals surface area contributed by atoms with Gasteiger partial charge in [0.05, 0.1) is 0 Å². The maximum absolute atomic E-state index is 5.92. The fourth-order valence-electron chi connectivity index (χ4n) is 3.70. The van der Waals surface area contributed by atoms with Gasteiger partial charge in [0.2, 0.25) is 0 Å². The highest BCUT2D eigenvalue weighted by Gasteiger charge is 2.29. The molecule has 2 N–H and O–H groups in total. The minimum atomic E-state index is 0. The van der Waals surface area contributed by atoms with Gasteiger partial charge in [-0.25, -0.2) is 9.97 Å². The van der Waals surface area contributed by atoms with Crippen LogP contribution in [0.1, 0.15) is 30.9 Å². The molecule has 0 atom stereocenters. The third-order valence-electron chi connectivity index (χ3n) is 5.21. The molecule has 26 heavy (non-hydrogen) atoms. The molecule has 0 radical (unpaired) electrons. The smallest absolute Gasteiger partial charge is 0.132 e. The summed E-state index contributed by atoms with van der Waals surface area (Å²) in [6.07, 6.45) is 4.97. The number of nitrogens with zero attached hydrogens (tertiary/aromatic N) is 4. The molecule has 1 aromatic heterocycles. The lowest BCUT2D eigenvalue weighted by molar-refractivity contribution is 0.345. The molecule has 1 aliphatic heterocycles. The topological polar surface area (TPSA) is 58.3 Å². The molecule has 2 heterocycles. The number of nitrogens with two attached hydrogens (primary N) is 1. The SMILES string of the molecule is Cl.Cl.NC1CC(c2cc(N3CCCN(c4ccccc4)CC3)ncn2)C1. The number of aromatic nitrogens is 2. The summed E-state index contributed by atoms with van der Waals surface area (Å²) in [6, 6.07) is 13.2. The molecule has 1 saturated carbocycles. The Morgan fingerprint density at radius 3 is 2.31 bits per heavy atom. The second kappa shape index (κ2) is 9.40. The second-order valence-corrected chi connectivity index (χ2v) is 6.89. The first-order valence-electron chi connectivity index (χ1n) is 8.92. The Balaban J connectivity index is 0.00000121. The minimum Gasteiger partial charge on any atom is -0.370 e. The summed E-state index contributed by atoms with van der Waals surface area (Å²) in [5.74, 6) is 1.59. The maximum Gasteiger partial charge on any atom is 0.132 e. The molecule has 2 aromatic rings. The lowest BCUT2D eigenvalue weighted by Gasteiger charge is -2.32. The zero-order valence-electron chi connectivity index (χ0n) is 14.8. The van der Waals surface area contributed by atoms with Crippen molar-refractivity contribution in [3.05, 3.63) is 48.4 Å². The van der Waals surface area contributed by atoms with Crippen LogP contribution in [0.15, 0.2) is 42.7 Å². The first-order valence-corrected chi connectivity index (χ1v) is 8.92. The highest BCUT2D eigenvalue weighted by atomic mass is 35.5. The van der Waals surface area contributed by atoms with E-state index in [-0.39, 0.29) is 24.8 Å². The molecule has 142 valence electrons. The van der Waals surface area contributed by atoms with Crippen LogP contribution >= 0.6 is 24.8 Å². The van der Waals surface area contributed by atoms with Crippen molar-refractivity contribution in [1.29, 1.82) is 0 Å². The Kier molecular flexibility index (Phi) is 7.50.